The molecule has 16 heavy (non-hydrogen) atoms. The van der Waals surface area contributed by atoms with Crippen LogP contribution in [0.2, 0.25) is 19.6 Å². The maximum atomic E-state index is 10.5. The molecule has 1 nitrogen and oxygen atoms in total. The van der Waals surface area contributed by atoms with Gasteiger partial charge in [-0.15, -0.1) is 11.5 Å². The molecule has 0 N–H and O–H groups in total. The Kier molecular flexibility index (Phi) is 8.69. The van der Waals surface area contributed by atoms with Gasteiger partial charge >= 0.3 is 0 Å². The van der Waals surface area contributed by atoms with Gasteiger partial charge in [0.25, 0.3) is 0 Å². The molecule has 0 rings (SSSR count). The molecular formula is C13H23ClOSi. The number of rotatable bonds is 7. The quantitative estimate of drug-likeness (QED) is 0.287. The van der Waals surface area contributed by atoms with E-state index in [0.717, 1.165) is 19.3 Å². The van der Waals surface area contributed by atoms with E-state index in [1.165, 1.54) is 19.3 Å². The summed E-state index contributed by atoms with van der Waals surface area (Å²) in [6, 6.07) is 0. The molecule has 0 amide bonds. The number of unbranched alkanes of at least 4 members (excludes halogenated alkanes) is 5. The number of carbonyl (C=O) groups is 1. The van der Waals surface area contributed by atoms with Crippen molar-refractivity contribution < 1.29 is 4.79 Å². The fourth-order valence-electron chi connectivity index (χ4n) is 1.34. The van der Waals surface area contributed by atoms with Crippen molar-refractivity contribution in [3.05, 3.63) is 0 Å². The number of hydrogen-bond acceptors (Lipinski definition) is 1. The molecule has 92 valence electrons. The Balaban J connectivity index is 3.27. The Morgan fingerprint density at radius 2 is 1.62 bits per heavy atom. The third kappa shape index (κ3) is 13.7. The maximum absolute atomic E-state index is 10.5. The van der Waals surface area contributed by atoms with Gasteiger partial charge in [0.1, 0.15) is 8.07 Å². The zero-order valence-electron chi connectivity index (χ0n) is 10.7. The number of hydrogen-bond donors (Lipinski definition) is 0. The third-order valence-corrected chi connectivity index (χ3v) is 3.25. The second-order valence-electron chi connectivity index (χ2n) is 5.17. The van der Waals surface area contributed by atoms with E-state index in [1.54, 1.807) is 0 Å². The highest BCUT2D eigenvalue weighted by molar-refractivity contribution is 6.83. The number of carbonyl (C=O) groups excluding carboxylic acids is 1. The average molecular weight is 259 g/mol. The van der Waals surface area contributed by atoms with Crippen LogP contribution in [0.1, 0.15) is 44.9 Å². The van der Waals surface area contributed by atoms with Crippen molar-refractivity contribution >= 4 is 24.9 Å². The van der Waals surface area contributed by atoms with Gasteiger partial charge in [-0.05, 0) is 24.4 Å². The highest BCUT2D eigenvalue weighted by Gasteiger charge is 2.06. The van der Waals surface area contributed by atoms with Gasteiger partial charge in [0, 0.05) is 12.8 Å². The first-order valence-electron chi connectivity index (χ1n) is 6.10. The van der Waals surface area contributed by atoms with Gasteiger partial charge in [0.15, 0.2) is 0 Å². The Bertz CT molecular complexity index is 257. The largest absolute Gasteiger partial charge is 0.281 e. The molecule has 0 saturated carbocycles. The molecule has 0 atom stereocenters. The lowest BCUT2D eigenvalue weighted by atomic mass is 10.1. The minimum absolute atomic E-state index is 0.207. The first-order chi connectivity index (χ1) is 7.42. The fraction of sp³-hybridized carbons (Fsp3) is 0.769. The molecule has 0 bridgehead atoms. The van der Waals surface area contributed by atoms with Gasteiger partial charge in [0.2, 0.25) is 5.24 Å². The van der Waals surface area contributed by atoms with Crippen molar-refractivity contribution in [2.75, 3.05) is 0 Å². The Labute approximate surface area is 106 Å². The van der Waals surface area contributed by atoms with E-state index in [-0.39, 0.29) is 5.24 Å². The zero-order chi connectivity index (χ0) is 12.4. The first kappa shape index (κ1) is 15.7. The van der Waals surface area contributed by atoms with Crippen molar-refractivity contribution in [1.29, 1.82) is 0 Å². The second kappa shape index (κ2) is 8.84. The second-order valence-corrected chi connectivity index (χ2v) is 10.3. The van der Waals surface area contributed by atoms with Crippen LogP contribution in [0, 0.1) is 11.5 Å². The van der Waals surface area contributed by atoms with Crippen LogP contribution in [0.3, 0.4) is 0 Å². The highest BCUT2D eigenvalue weighted by Crippen LogP contribution is 2.08. The summed E-state index contributed by atoms with van der Waals surface area (Å²) in [6.07, 6.45) is 7.19. The molecule has 0 heterocycles. The van der Waals surface area contributed by atoms with Gasteiger partial charge in [-0.25, -0.2) is 0 Å². The molecule has 0 aliphatic carbocycles. The lowest BCUT2D eigenvalue weighted by molar-refractivity contribution is -0.111. The SMILES string of the molecule is C[Si](C)(C)C#CCCCCCCCC(=O)Cl. The molecule has 0 saturated heterocycles. The lowest BCUT2D eigenvalue weighted by Gasteiger charge is -2.03. The first-order valence-corrected chi connectivity index (χ1v) is 9.98. The van der Waals surface area contributed by atoms with E-state index in [2.05, 4.69) is 31.1 Å². The predicted octanol–water partition coefficient (Wildman–Crippen LogP) is 4.36. The minimum atomic E-state index is -1.16. The molecule has 0 spiro atoms. The Hall–Kier alpha value is -0.263. The van der Waals surface area contributed by atoms with Crippen LogP contribution >= 0.6 is 11.6 Å². The van der Waals surface area contributed by atoms with Crippen LogP contribution < -0.4 is 0 Å². The fourth-order valence-corrected chi connectivity index (χ4v) is 2.12. The van der Waals surface area contributed by atoms with Gasteiger partial charge in [0.05, 0.1) is 0 Å². The zero-order valence-corrected chi connectivity index (χ0v) is 12.5. The Morgan fingerprint density at radius 3 is 2.19 bits per heavy atom. The summed E-state index contributed by atoms with van der Waals surface area (Å²) in [4.78, 5) is 10.5. The monoisotopic (exact) mass is 258 g/mol. The predicted molar refractivity (Wildman–Crippen MR) is 74.3 cm³/mol. The average Bonchev–Trinajstić information content (AvgIpc) is 2.13. The summed E-state index contributed by atoms with van der Waals surface area (Å²) in [5, 5.41) is -0.207. The summed E-state index contributed by atoms with van der Waals surface area (Å²) >= 11 is 5.25. The van der Waals surface area contributed by atoms with Crippen LogP contribution in [0.5, 0.6) is 0 Å². The molecule has 0 fully saturated rings. The van der Waals surface area contributed by atoms with Crippen molar-refractivity contribution in [2.24, 2.45) is 0 Å². The molecule has 0 aromatic heterocycles. The van der Waals surface area contributed by atoms with Crippen LogP contribution in [0.4, 0.5) is 0 Å². The molecule has 0 aromatic rings. The van der Waals surface area contributed by atoms with E-state index in [4.69, 9.17) is 11.6 Å². The molecule has 0 aromatic carbocycles. The van der Waals surface area contributed by atoms with Crippen molar-refractivity contribution in [3.63, 3.8) is 0 Å². The highest BCUT2D eigenvalue weighted by atomic mass is 35.5. The van der Waals surface area contributed by atoms with E-state index < -0.39 is 8.07 Å². The smallest absolute Gasteiger partial charge is 0.221 e. The van der Waals surface area contributed by atoms with Gasteiger partial charge in [-0.2, -0.15) is 0 Å². The summed E-state index contributed by atoms with van der Waals surface area (Å²) < 4.78 is 0. The van der Waals surface area contributed by atoms with Crippen molar-refractivity contribution in [3.8, 4) is 11.5 Å². The molecule has 3 heteroatoms. The normalized spacial score (nSPS) is 10.8. The van der Waals surface area contributed by atoms with E-state index in [0.29, 0.717) is 6.42 Å². The van der Waals surface area contributed by atoms with E-state index in [9.17, 15) is 4.79 Å². The van der Waals surface area contributed by atoms with Crippen molar-refractivity contribution in [1.82, 2.24) is 0 Å². The van der Waals surface area contributed by atoms with E-state index >= 15 is 0 Å². The van der Waals surface area contributed by atoms with Gasteiger partial charge in [-0.1, -0.05) is 38.9 Å². The van der Waals surface area contributed by atoms with Crippen LogP contribution in [-0.2, 0) is 4.79 Å². The summed E-state index contributed by atoms with van der Waals surface area (Å²) in [6.45, 7) is 6.80. The molecule has 0 radical (unpaired) electrons. The standard InChI is InChI=1S/C13H23ClOSi/c1-16(2,3)12-10-8-6-4-5-7-9-11-13(14)15/h4-9,11H2,1-3H3. The maximum Gasteiger partial charge on any atom is 0.221 e. The topological polar surface area (TPSA) is 17.1 Å². The van der Waals surface area contributed by atoms with Crippen LogP contribution in [0.25, 0.3) is 0 Å². The summed E-state index contributed by atoms with van der Waals surface area (Å²) in [5.74, 6) is 3.27. The molecular weight excluding hydrogens is 236 g/mol. The summed E-state index contributed by atoms with van der Waals surface area (Å²) in [7, 11) is -1.16. The summed E-state index contributed by atoms with van der Waals surface area (Å²) in [5.41, 5.74) is 3.37. The van der Waals surface area contributed by atoms with Crippen LogP contribution in [0.15, 0.2) is 0 Å². The van der Waals surface area contributed by atoms with Crippen molar-refractivity contribution in [2.45, 2.75) is 64.6 Å². The van der Waals surface area contributed by atoms with Gasteiger partial charge < -0.3 is 0 Å². The third-order valence-electron chi connectivity index (χ3n) is 2.14. The molecule has 0 aliphatic heterocycles. The van der Waals surface area contributed by atoms with E-state index in [1.807, 2.05) is 0 Å². The molecule has 0 unspecified atom stereocenters. The van der Waals surface area contributed by atoms with Crippen LogP contribution in [-0.4, -0.2) is 13.3 Å². The minimum Gasteiger partial charge on any atom is -0.281 e. The molecule has 0 aliphatic rings. The van der Waals surface area contributed by atoms with Gasteiger partial charge in [-0.3, -0.25) is 4.79 Å². The lowest BCUT2D eigenvalue weighted by Crippen LogP contribution is -2.16. The Morgan fingerprint density at radius 1 is 1.06 bits per heavy atom. The number of halogens is 1.